The fourth-order valence-electron chi connectivity index (χ4n) is 2.84. The normalized spacial score (nSPS) is 11.1. The zero-order chi connectivity index (χ0) is 25.2. The van der Waals surface area contributed by atoms with Gasteiger partial charge in [-0.15, -0.1) is 0 Å². The summed E-state index contributed by atoms with van der Waals surface area (Å²) in [4.78, 5) is 16.3. The second-order valence-electron chi connectivity index (χ2n) is 6.77. The highest BCUT2D eigenvalue weighted by atomic mass is 35.5. The van der Waals surface area contributed by atoms with Gasteiger partial charge in [0, 0.05) is 23.4 Å². The van der Waals surface area contributed by atoms with Crippen molar-refractivity contribution in [2.75, 3.05) is 20.5 Å². The van der Waals surface area contributed by atoms with Crippen LogP contribution < -0.4 is 18.9 Å². The van der Waals surface area contributed by atoms with Crippen LogP contribution in [0.15, 0.2) is 36.5 Å². The summed E-state index contributed by atoms with van der Waals surface area (Å²) in [5, 5.41) is 0.542. The van der Waals surface area contributed by atoms with Crippen LogP contribution in [0.4, 0.5) is 4.39 Å². The van der Waals surface area contributed by atoms with E-state index in [1.165, 1.54) is 38.6 Å². The van der Waals surface area contributed by atoms with E-state index < -0.39 is 27.3 Å². The van der Waals surface area contributed by atoms with E-state index in [1.807, 2.05) is 0 Å². The van der Waals surface area contributed by atoms with Crippen molar-refractivity contribution in [1.29, 1.82) is 0 Å². The second kappa shape index (κ2) is 10.2. The molecule has 180 valence electrons. The summed E-state index contributed by atoms with van der Waals surface area (Å²) in [6.07, 6.45) is 2.12. The number of methoxy groups -OCH3 is 2. The lowest BCUT2D eigenvalue weighted by molar-refractivity contribution is 0.0977. The van der Waals surface area contributed by atoms with E-state index in [2.05, 4.69) is 4.98 Å². The Kier molecular flexibility index (Phi) is 7.77. The number of pyridine rings is 1. The van der Waals surface area contributed by atoms with E-state index in [0.29, 0.717) is 11.3 Å². The molecule has 13 heteroatoms. The molecular formula is C21H16Cl3FN2O6S. The van der Waals surface area contributed by atoms with Gasteiger partial charge in [-0.3, -0.25) is 4.79 Å². The van der Waals surface area contributed by atoms with E-state index in [4.69, 9.17) is 49.0 Å². The fraction of sp³-hybridized carbons (Fsp3) is 0.143. The van der Waals surface area contributed by atoms with Gasteiger partial charge in [0.05, 0.1) is 36.1 Å². The van der Waals surface area contributed by atoms with Gasteiger partial charge < -0.3 is 14.2 Å². The zero-order valence-electron chi connectivity index (χ0n) is 17.8. The Bertz CT molecular complexity index is 1390. The van der Waals surface area contributed by atoms with Crippen LogP contribution in [0.2, 0.25) is 15.1 Å². The standard InChI is InChI=1S/C21H16Cl3FN2O6S/c1-31-17-6-12(20(28)27-34(3,29)30)16(25)5-11(17)10-4-15(24)21(26-9-10)33-19-8-18(32-2)13(22)7-14(19)23/h4-9H,1-3H3,(H,27,28). The van der Waals surface area contributed by atoms with Crippen molar-refractivity contribution < 1.29 is 31.8 Å². The summed E-state index contributed by atoms with van der Waals surface area (Å²) in [5.41, 5.74) is 0.0300. The molecule has 0 aliphatic rings. The van der Waals surface area contributed by atoms with Crippen LogP contribution >= 0.6 is 34.8 Å². The lowest BCUT2D eigenvalue weighted by atomic mass is 10.0. The van der Waals surface area contributed by atoms with Crippen LogP contribution in [0.5, 0.6) is 23.1 Å². The van der Waals surface area contributed by atoms with E-state index >= 15 is 0 Å². The monoisotopic (exact) mass is 548 g/mol. The molecular weight excluding hydrogens is 534 g/mol. The number of carbonyl (C=O) groups is 1. The van der Waals surface area contributed by atoms with Gasteiger partial charge >= 0.3 is 0 Å². The zero-order valence-corrected chi connectivity index (χ0v) is 20.9. The number of nitrogens with one attached hydrogen (secondary N) is 1. The van der Waals surface area contributed by atoms with Crippen LogP contribution in [0.3, 0.4) is 0 Å². The summed E-state index contributed by atoms with van der Waals surface area (Å²) in [7, 11) is -1.15. The maximum atomic E-state index is 14.7. The summed E-state index contributed by atoms with van der Waals surface area (Å²) < 4.78 is 55.0. The third-order valence-corrected chi connectivity index (χ3v) is 5.76. The highest BCUT2D eigenvalue weighted by Gasteiger charge is 2.21. The first-order valence-corrected chi connectivity index (χ1v) is 12.2. The van der Waals surface area contributed by atoms with E-state index in [-0.39, 0.29) is 38.0 Å². The quantitative estimate of drug-likeness (QED) is 0.424. The van der Waals surface area contributed by atoms with Crippen molar-refractivity contribution in [2.45, 2.75) is 0 Å². The largest absolute Gasteiger partial charge is 0.496 e. The molecule has 1 heterocycles. The molecule has 0 radical (unpaired) electrons. The van der Waals surface area contributed by atoms with Gasteiger partial charge in [-0.25, -0.2) is 22.5 Å². The van der Waals surface area contributed by atoms with Crippen molar-refractivity contribution in [2.24, 2.45) is 0 Å². The molecule has 0 spiro atoms. The Morgan fingerprint density at radius 3 is 2.18 bits per heavy atom. The molecule has 1 aromatic heterocycles. The van der Waals surface area contributed by atoms with E-state index in [1.54, 1.807) is 4.72 Å². The van der Waals surface area contributed by atoms with Crippen molar-refractivity contribution in [3.05, 3.63) is 63.0 Å². The highest BCUT2D eigenvalue weighted by molar-refractivity contribution is 7.89. The number of amides is 1. The first-order chi connectivity index (χ1) is 15.9. The predicted octanol–water partition coefficient (Wildman–Crippen LogP) is 5.35. The average Bonchev–Trinajstić information content (AvgIpc) is 2.75. The number of hydrogen-bond acceptors (Lipinski definition) is 7. The van der Waals surface area contributed by atoms with Crippen LogP contribution in [-0.4, -0.2) is 39.8 Å². The Morgan fingerprint density at radius 2 is 1.59 bits per heavy atom. The molecule has 0 atom stereocenters. The minimum absolute atomic E-state index is 0.000260. The molecule has 0 saturated heterocycles. The molecule has 2 aromatic carbocycles. The van der Waals surface area contributed by atoms with Gasteiger partial charge in [-0.05, 0) is 24.3 Å². The Morgan fingerprint density at radius 1 is 0.941 bits per heavy atom. The number of rotatable bonds is 7. The summed E-state index contributed by atoms with van der Waals surface area (Å²) in [6.45, 7) is 0. The molecule has 3 rings (SSSR count). The van der Waals surface area contributed by atoms with E-state index in [0.717, 1.165) is 18.4 Å². The number of nitrogens with zero attached hydrogens (tertiary/aromatic N) is 1. The molecule has 34 heavy (non-hydrogen) atoms. The third-order valence-electron chi connectivity index (χ3n) is 4.34. The predicted molar refractivity (Wildman–Crippen MR) is 127 cm³/mol. The Balaban J connectivity index is 1.97. The van der Waals surface area contributed by atoms with E-state index in [9.17, 15) is 17.6 Å². The number of sulfonamides is 1. The molecule has 8 nitrogen and oxygen atoms in total. The molecule has 0 aliphatic carbocycles. The number of halogens is 4. The summed E-state index contributed by atoms with van der Waals surface area (Å²) in [5.74, 6) is -1.52. The van der Waals surface area contributed by atoms with Gasteiger partial charge in [0.15, 0.2) is 5.75 Å². The minimum atomic E-state index is -3.89. The SMILES string of the molecule is COc1cc(Oc2ncc(-c3cc(F)c(C(=O)NS(C)(=O)=O)cc3OC)cc2Cl)c(Cl)cc1Cl. The molecule has 0 unspecified atom stereocenters. The minimum Gasteiger partial charge on any atom is -0.496 e. The lowest BCUT2D eigenvalue weighted by Crippen LogP contribution is -2.30. The number of ether oxygens (including phenoxy) is 3. The van der Waals surface area contributed by atoms with Crippen molar-refractivity contribution in [1.82, 2.24) is 9.71 Å². The molecule has 0 bridgehead atoms. The Labute approximate surface area is 209 Å². The van der Waals surface area contributed by atoms with Gasteiger partial charge in [-0.2, -0.15) is 0 Å². The number of hydrogen-bond donors (Lipinski definition) is 1. The molecule has 1 N–H and O–H groups in total. The second-order valence-corrected chi connectivity index (χ2v) is 9.74. The molecule has 0 saturated carbocycles. The summed E-state index contributed by atoms with van der Waals surface area (Å²) >= 11 is 18.5. The van der Waals surface area contributed by atoms with Crippen molar-refractivity contribution >= 4 is 50.7 Å². The molecule has 0 aliphatic heterocycles. The first-order valence-electron chi connectivity index (χ1n) is 9.20. The molecule has 0 fully saturated rings. The van der Waals surface area contributed by atoms with Crippen LogP contribution in [-0.2, 0) is 10.0 Å². The van der Waals surface area contributed by atoms with Crippen molar-refractivity contribution in [3.8, 4) is 34.3 Å². The van der Waals surface area contributed by atoms with Gasteiger partial charge in [-0.1, -0.05) is 34.8 Å². The maximum Gasteiger partial charge on any atom is 0.267 e. The fourth-order valence-corrected chi connectivity index (χ4v) is 3.99. The molecule has 1 amide bonds. The number of benzene rings is 2. The maximum absolute atomic E-state index is 14.7. The smallest absolute Gasteiger partial charge is 0.267 e. The average molecular weight is 550 g/mol. The van der Waals surface area contributed by atoms with Gasteiger partial charge in [0.2, 0.25) is 15.9 Å². The number of aromatic nitrogens is 1. The Hall–Kier alpha value is -2.79. The molecule has 3 aromatic rings. The van der Waals surface area contributed by atoms with Crippen LogP contribution in [0, 0.1) is 5.82 Å². The van der Waals surface area contributed by atoms with Gasteiger partial charge in [0.25, 0.3) is 5.91 Å². The third kappa shape index (κ3) is 5.82. The van der Waals surface area contributed by atoms with Crippen LogP contribution in [0.25, 0.3) is 11.1 Å². The highest BCUT2D eigenvalue weighted by Crippen LogP contribution is 2.40. The van der Waals surface area contributed by atoms with Crippen LogP contribution in [0.1, 0.15) is 10.4 Å². The first kappa shape index (κ1) is 25.8. The number of carbonyl (C=O) groups excluding carboxylic acids is 1. The van der Waals surface area contributed by atoms with Gasteiger partial charge in [0.1, 0.15) is 22.3 Å². The lowest BCUT2D eigenvalue weighted by Gasteiger charge is -2.14. The topological polar surface area (TPSA) is 104 Å². The summed E-state index contributed by atoms with van der Waals surface area (Å²) in [6, 6.07) is 6.43. The van der Waals surface area contributed by atoms with Crippen molar-refractivity contribution in [3.63, 3.8) is 0 Å².